The Bertz CT molecular complexity index is 654. The molecule has 1 N–H and O–H groups in total. The molecule has 2 aliphatic heterocycles. The van der Waals surface area contributed by atoms with E-state index in [1.54, 1.807) is 17.0 Å². The van der Waals surface area contributed by atoms with Crippen molar-refractivity contribution in [1.82, 2.24) is 10.2 Å². The van der Waals surface area contributed by atoms with E-state index in [0.29, 0.717) is 25.1 Å². The smallest absolute Gasteiger partial charge is 0.337 e. The molecule has 1 fully saturated rings. The number of methoxy groups -OCH3 is 1. The average Bonchev–Trinajstić information content (AvgIpc) is 2.92. The summed E-state index contributed by atoms with van der Waals surface area (Å²) in [7, 11) is 1.31. The SMILES string of the molecule is COC(=O)c1ccc2c(c1)CN(C(=O)C1CC(F)(F)CN1)CC2.Cl. The lowest BCUT2D eigenvalue weighted by atomic mass is 9.96. The largest absolute Gasteiger partial charge is 0.465 e. The number of halogens is 3. The Morgan fingerprint density at radius 3 is 2.71 bits per heavy atom. The van der Waals surface area contributed by atoms with Gasteiger partial charge in [0.05, 0.1) is 25.3 Å². The molecule has 5 nitrogen and oxygen atoms in total. The van der Waals surface area contributed by atoms with E-state index in [1.165, 1.54) is 7.11 Å². The van der Waals surface area contributed by atoms with Crippen LogP contribution in [0.3, 0.4) is 0 Å². The van der Waals surface area contributed by atoms with Crippen molar-refractivity contribution in [3.63, 3.8) is 0 Å². The molecule has 2 heterocycles. The molecular formula is C16H19ClF2N2O3. The summed E-state index contributed by atoms with van der Waals surface area (Å²) in [6, 6.07) is 4.42. The van der Waals surface area contributed by atoms with Crippen molar-refractivity contribution in [2.24, 2.45) is 0 Å². The number of amides is 1. The van der Waals surface area contributed by atoms with Gasteiger partial charge in [-0.2, -0.15) is 0 Å². The van der Waals surface area contributed by atoms with E-state index in [4.69, 9.17) is 4.74 Å². The lowest BCUT2D eigenvalue weighted by Crippen LogP contribution is -2.45. The Balaban J connectivity index is 0.00000208. The molecule has 2 aliphatic rings. The minimum absolute atomic E-state index is 0. The number of carbonyl (C=O) groups is 2. The third kappa shape index (κ3) is 3.67. The van der Waals surface area contributed by atoms with Crippen molar-refractivity contribution in [3.8, 4) is 0 Å². The van der Waals surface area contributed by atoms with Crippen LogP contribution in [0.2, 0.25) is 0 Å². The minimum atomic E-state index is -2.83. The summed E-state index contributed by atoms with van der Waals surface area (Å²) in [6.45, 7) is 0.357. The molecule has 1 aromatic carbocycles. The summed E-state index contributed by atoms with van der Waals surface area (Å²) in [4.78, 5) is 25.6. The number of nitrogens with zero attached hydrogens (tertiary/aromatic N) is 1. The van der Waals surface area contributed by atoms with Gasteiger partial charge in [0, 0.05) is 19.5 Å². The molecule has 24 heavy (non-hydrogen) atoms. The highest BCUT2D eigenvalue weighted by molar-refractivity contribution is 5.89. The second kappa shape index (κ2) is 7.03. The Morgan fingerprint density at radius 1 is 1.33 bits per heavy atom. The first kappa shape index (κ1) is 18.6. The number of alkyl halides is 2. The molecule has 1 unspecified atom stereocenters. The first-order valence-electron chi connectivity index (χ1n) is 7.50. The van der Waals surface area contributed by atoms with Crippen LogP contribution in [0, 0.1) is 0 Å². The fourth-order valence-electron chi connectivity index (χ4n) is 3.10. The maximum Gasteiger partial charge on any atom is 0.337 e. The number of ether oxygens (including phenoxy) is 1. The molecule has 132 valence electrons. The van der Waals surface area contributed by atoms with Crippen LogP contribution in [0.1, 0.15) is 27.9 Å². The Kier molecular flexibility index (Phi) is 5.45. The number of esters is 1. The molecule has 0 radical (unpaired) electrons. The van der Waals surface area contributed by atoms with E-state index in [2.05, 4.69) is 5.32 Å². The highest BCUT2D eigenvalue weighted by Gasteiger charge is 2.43. The normalized spacial score (nSPS) is 21.6. The van der Waals surface area contributed by atoms with E-state index in [-0.39, 0.29) is 18.3 Å². The molecule has 0 saturated carbocycles. The van der Waals surface area contributed by atoms with E-state index in [1.807, 2.05) is 6.07 Å². The topological polar surface area (TPSA) is 58.6 Å². The first-order chi connectivity index (χ1) is 10.9. The molecule has 1 atom stereocenters. The van der Waals surface area contributed by atoms with Crippen molar-refractivity contribution >= 4 is 24.3 Å². The van der Waals surface area contributed by atoms with Gasteiger partial charge in [-0.3, -0.25) is 10.1 Å². The van der Waals surface area contributed by atoms with Crippen molar-refractivity contribution in [3.05, 3.63) is 34.9 Å². The van der Waals surface area contributed by atoms with Gasteiger partial charge in [0.25, 0.3) is 5.92 Å². The monoisotopic (exact) mass is 360 g/mol. The highest BCUT2D eigenvalue weighted by Crippen LogP contribution is 2.28. The molecular weight excluding hydrogens is 342 g/mol. The molecule has 1 aromatic rings. The number of fused-ring (bicyclic) bond motifs is 1. The van der Waals surface area contributed by atoms with Crippen LogP contribution < -0.4 is 5.32 Å². The summed E-state index contributed by atoms with van der Waals surface area (Å²) in [5.74, 6) is -3.57. The Hall–Kier alpha value is -1.73. The van der Waals surface area contributed by atoms with Crippen LogP contribution in [0.15, 0.2) is 18.2 Å². The van der Waals surface area contributed by atoms with Gasteiger partial charge < -0.3 is 9.64 Å². The third-order valence-electron chi connectivity index (χ3n) is 4.36. The average molecular weight is 361 g/mol. The zero-order valence-corrected chi connectivity index (χ0v) is 14.0. The van der Waals surface area contributed by atoms with E-state index >= 15 is 0 Å². The third-order valence-corrected chi connectivity index (χ3v) is 4.36. The zero-order valence-electron chi connectivity index (χ0n) is 13.2. The summed E-state index contributed by atoms with van der Waals surface area (Å²) < 4.78 is 31.2. The molecule has 0 aromatic heterocycles. The van der Waals surface area contributed by atoms with Gasteiger partial charge >= 0.3 is 5.97 Å². The van der Waals surface area contributed by atoms with Crippen molar-refractivity contribution in [2.75, 3.05) is 20.2 Å². The van der Waals surface area contributed by atoms with E-state index in [0.717, 1.165) is 11.1 Å². The molecule has 8 heteroatoms. The van der Waals surface area contributed by atoms with Gasteiger partial charge in [0.15, 0.2) is 0 Å². The van der Waals surface area contributed by atoms with Crippen LogP contribution >= 0.6 is 12.4 Å². The number of carbonyl (C=O) groups excluding carboxylic acids is 2. The summed E-state index contributed by atoms with van der Waals surface area (Å²) in [5, 5.41) is 2.59. The number of benzene rings is 1. The summed E-state index contributed by atoms with van der Waals surface area (Å²) >= 11 is 0. The fourth-order valence-corrected chi connectivity index (χ4v) is 3.10. The van der Waals surface area contributed by atoms with Crippen LogP contribution in [-0.4, -0.2) is 48.9 Å². The maximum absolute atomic E-state index is 13.3. The minimum Gasteiger partial charge on any atom is -0.465 e. The lowest BCUT2D eigenvalue weighted by molar-refractivity contribution is -0.134. The predicted octanol–water partition coefficient (Wildman–Crippen LogP) is 1.78. The second-order valence-corrected chi connectivity index (χ2v) is 5.98. The van der Waals surface area contributed by atoms with Gasteiger partial charge in [-0.05, 0) is 29.7 Å². The van der Waals surface area contributed by atoms with Gasteiger partial charge in [-0.1, -0.05) is 6.07 Å². The Labute approximate surface area is 144 Å². The molecule has 0 bridgehead atoms. The highest BCUT2D eigenvalue weighted by atomic mass is 35.5. The quantitative estimate of drug-likeness (QED) is 0.817. The molecule has 1 saturated heterocycles. The van der Waals surface area contributed by atoms with E-state index in [9.17, 15) is 18.4 Å². The lowest BCUT2D eigenvalue weighted by Gasteiger charge is -2.31. The van der Waals surface area contributed by atoms with Crippen LogP contribution in [0.5, 0.6) is 0 Å². The molecule has 0 aliphatic carbocycles. The van der Waals surface area contributed by atoms with Crippen molar-refractivity contribution < 1.29 is 23.1 Å². The second-order valence-electron chi connectivity index (χ2n) is 5.98. The van der Waals surface area contributed by atoms with Gasteiger partial charge in [0.1, 0.15) is 0 Å². The zero-order chi connectivity index (χ0) is 16.6. The van der Waals surface area contributed by atoms with Gasteiger partial charge in [-0.25, -0.2) is 13.6 Å². The van der Waals surface area contributed by atoms with Crippen LogP contribution in [0.4, 0.5) is 8.78 Å². The summed E-state index contributed by atoms with van der Waals surface area (Å²) in [5.41, 5.74) is 2.34. The van der Waals surface area contributed by atoms with Gasteiger partial charge in [0.2, 0.25) is 5.91 Å². The number of hydrogen-bond acceptors (Lipinski definition) is 4. The maximum atomic E-state index is 13.3. The molecule has 1 amide bonds. The molecule has 3 rings (SSSR count). The van der Waals surface area contributed by atoms with Crippen molar-refractivity contribution in [2.45, 2.75) is 31.4 Å². The first-order valence-corrected chi connectivity index (χ1v) is 7.50. The Morgan fingerprint density at radius 2 is 2.08 bits per heavy atom. The van der Waals surface area contributed by atoms with E-state index < -0.39 is 30.9 Å². The number of rotatable bonds is 2. The van der Waals surface area contributed by atoms with Gasteiger partial charge in [-0.15, -0.1) is 12.4 Å². The number of hydrogen-bond donors (Lipinski definition) is 1. The predicted molar refractivity (Wildman–Crippen MR) is 85.5 cm³/mol. The molecule has 0 spiro atoms. The summed E-state index contributed by atoms with van der Waals surface area (Å²) in [6.07, 6.45) is 0.184. The van der Waals surface area contributed by atoms with Crippen molar-refractivity contribution in [1.29, 1.82) is 0 Å². The van der Waals surface area contributed by atoms with Crippen LogP contribution in [0.25, 0.3) is 0 Å². The number of nitrogens with one attached hydrogen (secondary N) is 1. The van der Waals surface area contributed by atoms with Crippen LogP contribution in [-0.2, 0) is 22.5 Å². The fraction of sp³-hybridized carbons (Fsp3) is 0.500. The standard InChI is InChI=1S/C16H18F2N2O3.ClH/c1-23-15(22)11-3-2-10-4-5-20(8-12(10)6-11)14(21)13-7-16(17,18)9-19-13;/h2-3,6,13,19H,4-5,7-9H2,1H3;1H.